The van der Waals surface area contributed by atoms with Crippen molar-refractivity contribution < 1.29 is 4.79 Å². The Bertz CT molecular complexity index is 633. The number of carbonyl (C=O) groups is 1. The van der Waals surface area contributed by atoms with E-state index in [4.69, 9.17) is 0 Å². The molecule has 1 aromatic carbocycles. The standard InChI is InChI=1S/C17H21BrN2O/c1-4-19-12-15(18)10-16(19)17(21)20(5-2)11-14-9-7-6-8-13(14)3/h6-10,12H,4-5,11H2,1-3H3. The van der Waals surface area contributed by atoms with E-state index < -0.39 is 0 Å². The minimum atomic E-state index is 0.0771. The fourth-order valence-electron chi connectivity index (χ4n) is 2.40. The fraction of sp³-hybridized carbons (Fsp3) is 0.353. The number of nitrogens with zero attached hydrogens (tertiary/aromatic N) is 2. The van der Waals surface area contributed by atoms with E-state index in [1.165, 1.54) is 11.1 Å². The van der Waals surface area contributed by atoms with Gasteiger partial charge >= 0.3 is 0 Å². The first-order chi connectivity index (χ1) is 10.1. The minimum absolute atomic E-state index is 0.0771. The van der Waals surface area contributed by atoms with Crippen LogP contribution in [0.4, 0.5) is 0 Å². The van der Waals surface area contributed by atoms with Gasteiger partial charge in [0.05, 0.1) is 0 Å². The van der Waals surface area contributed by atoms with Crippen LogP contribution in [0.2, 0.25) is 0 Å². The van der Waals surface area contributed by atoms with Crippen LogP contribution in [-0.2, 0) is 13.1 Å². The van der Waals surface area contributed by atoms with Crippen molar-refractivity contribution in [2.75, 3.05) is 6.54 Å². The molecule has 1 aromatic heterocycles. The van der Waals surface area contributed by atoms with Gasteiger partial charge in [0.2, 0.25) is 0 Å². The van der Waals surface area contributed by atoms with Gasteiger partial charge in [-0.15, -0.1) is 0 Å². The third-order valence-electron chi connectivity index (χ3n) is 3.71. The lowest BCUT2D eigenvalue weighted by atomic mass is 10.1. The first kappa shape index (κ1) is 15.8. The van der Waals surface area contributed by atoms with E-state index in [0.29, 0.717) is 13.1 Å². The highest BCUT2D eigenvalue weighted by atomic mass is 79.9. The molecule has 2 aromatic rings. The first-order valence-electron chi connectivity index (χ1n) is 7.26. The zero-order valence-corrected chi connectivity index (χ0v) is 14.4. The Balaban J connectivity index is 2.25. The van der Waals surface area contributed by atoms with E-state index in [-0.39, 0.29) is 5.91 Å². The number of aromatic nitrogens is 1. The van der Waals surface area contributed by atoms with Crippen LogP contribution in [0.25, 0.3) is 0 Å². The first-order valence-corrected chi connectivity index (χ1v) is 8.05. The maximum absolute atomic E-state index is 12.8. The van der Waals surface area contributed by atoms with Crippen LogP contribution in [0.15, 0.2) is 41.0 Å². The lowest BCUT2D eigenvalue weighted by Gasteiger charge is -2.22. The van der Waals surface area contributed by atoms with Crippen molar-refractivity contribution in [3.8, 4) is 0 Å². The summed E-state index contributed by atoms with van der Waals surface area (Å²) in [4.78, 5) is 14.7. The van der Waals surface area contributed by atoms with Crippen LogP contribution in [0.3, 0.4) is 0 Å². The normalized spacial score (nSPS) is 10.7. The number of amides is 1. The summed E-state index contributed by atoms with van der Waals surface area (Å²) in [5, 5.41) is 0. The maximum atomic E-state index is 12.8. The Morgan fingerprint density at radius 3 is 2.62 bits per heavy atom. The zero-order valence-electron chi connectivity index (χ0n) is 12.8. The molecule has 4 heteroatoms. The fourth-order valence-corrected chi connectivity index (χ4v) is 2.86. The Kier molecular flexibility index (Phi) is 5.23. The summed E-state index contributed by atoms with van der Waals surface area (Å²) >= 11 is 3.45. The third kappa shape index (κ3) is 3.56. The van der Waals surface area contributed by atoms with E-state index in [9.17, 15) is 4.79 Å². The summed E-state index contributed by atoms with van der Waals surface area (Å²) in [5.74, 6) is 0.0771. The molecule has 0 fully saturated rings. The second-order valence-corrected chi connectivity index (χ2v) is 5.99. The molecular weight excluding hydrogens is 328 g/mol. The Morgan fingerprint density at radius 1 is 1.29 bits per heavy atom. The van der Waals surface area contributed by atoms with Crippen molar-refractivity contribution in [1.29, 1.82) is 0 Å². The molecule has 0 aliphatic heterocycles. The SMILES string of the molecule is CCN(Cc1ccccc1C)C(=O)c1cc(Br)cn1CC. The second-order valence-electron chi connectivity index (χ2n) is 5.08. The predicted molar refractivity (Wildman–Crippen MR) is 89.4 cm³/mol. The molecule has 21 heavy (non-hydrogen) atoms. The predicted octanol–water partition coefficient (Wildman–Crippen LogP) is 4.24. The van der Waals surface area contributed by atoms with Gasteiger partial charge in [-0.2, -0.15) is 0 Å². The molecule has 0 bridgehead atoms. The molecule has 0 radical (unpaired) electrons. The molecule has 0 saturated heterocycles. The molecule has 0 N–H and O–H groups in total. The molecule has 3 nitrogen and oxygen atoms in total. The van der Waals surface area contributed by atoms with Crippen molar-refractivity contribution in [1.82, 2.24) is 9.47 Å². The van der Waals surface area contributed by atoms with Crippen LogP contribution in [0, 0.1) is 6.92 Å². The summed E-state index contributed by atoms with van der Waals surface area (Å²) in [6.07, 6.45) is 1.95. The van der Waals surface area contributed by atoms with E-state index >= 15 is 0 Å². The summed E-state index contributed by atoms with van der Waals surface area (Å²) in [6, 6.07) is 10.1. The lowest BCUT2D eigenvalue weighted by Crippen LogP contribution is -2.32. The van der Waals surface area contributed by atoms with Crippen LogP contribution >= 0.6 is 15.9 Å². The van der Waals surface area contributed by atoms with Crippen molar-refractivity contribution >= 4 is 21.8 Å². The van der Waals surface area contributed by atoms with E-state index in [1.807, 2.05) is 47.7 Å². The number of aryl methyl sites for hydroxylation is 2. The van der Waals surface area contributed by atoms with Crippen LogP contribution < -0.4 is 0 Å². The van der Waals surface area contributed by atoms with E-state index in [0.717, 1.165) is 16.7 Å². The van der Waals surface area contributed by atoms with Crippen molar-refractivity contribution in [2.45, 2.75) is 33.9 Å². The van der Waals surface area contributed by atoms with Gasteiger partial charge in [-0.05, 0) is 53.9 Å². The van der Waals surface area contributed by atoms with Gasteiger partial charge < -0.3 is 9.47 Å². The number of halogens is 1. The third-order valence-corrected chi connectivity index (χ3v) is 4.15. The van der Waals surface area contributed by atoms with Gasteiger partial charge in [-0.3, -0.25) is 4.79 Å². The average Bonchev–Trinajstić information content (AvgIpc) is 2.87. The highest BCUT2D eigenvalue weighted by Gasteiger charge is 2.19. The van der Waals surface area contributed by atoms with Crippen molar-refractivity contribution in [2.24, 2.45) is 0 Å². The average molecular weight is 349 g/mol. The topological polar surface area (TPSA) is 25.2 Å². The van der Waals surface area contributed by atoms with Gasteiger partial charge in [-0.25, -0.2) is 0 Å². The molecule has 0 atom stereocenters. The van der Waals surface area contributed by atoms with E-state index in [2.05, 4.69) is 35.0 Å². The maximum Gasteiger partial charge on any atom is 0.270 e. The van der Waals surface area contributed by atoms with Crippen molar-refractivity contribution in [3.05, 3.63) is 57.8 Å². The summed E-state index contributed by atoms with van der Waals surface area (Å²) < 4.78 is 2.92. The Morgan fingerprint density at radius 2 is 2.00 bits per heavy atom. The van der Waals surface area contributed by atoms with Crippen LogP contribution in [0.1, 0.15) is 35.5 Å². The Labute approximate surface area is 134 Å². The minimum Gasteiger partial charge on any atom is -0.343 e. The van der Waals surface area contributed by atoms with Gasteiger partial charge in [0.1, 0.15) is 5.69 Å². The molecule has 0 aliphatic carbocycles. The van der Waals surface area contributed by atoms with Gasteiger partial charge in [0, 0.05) is 30.3 Å². The number of hydrogen-bond acceptors (Lipinski definition) is 1. The number of hydrogen-bond donors (Lipinski definition) is 0. The molecule has 0 spiro atoms. The molecule has 112 valence electrons. The summed E-state index contributed by atoms with van der Waals surface area (Å²) in [7, 11) is 0. The van der Waals surface area contributed by atoms with Gasteiger partial charge in [0.25, 0.3) is 5.91 Å². The smallest absolute Gasteiger partial charge is 0.270 e. The summed E-state index contributed by atoms with van der Waals surface area (Å²) in [5.41, 5.74) is 3.15. The number of carbonyl (C=O) groups excluding carboxylic acids is 1. The molecule has 0 aliphatic rings. The highest BCUT2D eigenvalue weighted by molar-refractivity contribution is 9.10. The molecule has 0 unspecified atom stereocenters. The molecule has 2 rings (SSSR count). The lowest BCUT2D eigenvalue weighted by molar-refractivity contribution is 0.0741. The van der Waals surface area contributed by atoms with Crippen molar-refractivity contribution in [3.63, 3.8) is 0 Å². The molecule has 1 amide bonds. The monoisotopic (exact) mass is 348 g/mol. The highest BCUT2D eigenvalue weighted by Crippen LogP contribution is 2.18. The Hall–Kier alpha value is -1.55. The quantitative estimate of drug-likeness (QED) is 0.793. The van der Waals surface area contributed by atoms with Gasteiger partial charge in [0.15, 0.2) is 0 Å². The van der Waals surface area contributed by atoms with Crippen LogP contribution in [0.5, 0.6) is 0 Å². The molecule has 0 saturated carbocycles. The summed E-state index contributed by atoms with van der Waals surface area (Å²) in [6.45, 7) is 8.27. The largest absolute Gasteiger partial charge is 0.343 e. The number of benzene rings is 1. The number of rotatable bonds is 5. The molecule has 1 heterocycles. The second kappa shape index (κ2) is 6.94. The van der Waals surface area contributed by atoms with E-state index in [1.54, 1.807) is 0 Å². The van der Waals surface area contributed by atoms with Gasteiger partial charge in [-0.1, -0.05) is 24.3 Å². The van der Waals surface area contributed by atoms with Crippen LogP contribution in [-0.4, -0.2) is 21.9 Å². The molecular formula is C17H21BrN2O. The zero-order chi connectivity index (χ0) is 15.4.